The van der Waals surface area contributed by atoms with Crippen LogP contribution in [0.1, 0.15) is 39.5 Å². The predicted molar refractivity (Wildman–Crippen MR) is 166 cm³/mol. The summed E-state index contributed by atoms with van der Waals surface area (Å²) in [6.45, 7) is 3.69. The monoisotopic (exact) mass is 670 g/mol. The maximum atomic E-state index is 13.6. The largest absolute Gasteiger partial charge is 0.484 e. The molecule has 1 fully saturated rings. The van der Waals surface area contributed by atoms with Gasteiger partial charge in [0.15, 0.2) is 0 Å². The third kappa shape index (κ3) is 6.35. The van der Waals surface area contributed by atoms with E-state index in [2.05, 4.69) is 14.9 Å². The van der Waals surface area contributed by atoms with Crippen molar-refractivity contribution in [2.24, 2.45) is 5.73 Å². The summed E-state index contributed by atoms with van der Waals surface area (Å²) >= 11 is 1.04. The zero-order valence-electron chi connectivity index (χ0n) is 24.5. The lowest BCUT2D eigenvalue weighted by molar-refractivity contribution is -0.139. The average molecular weight is 671 g/mol. The van der Waals surface area contributed by atoms with E-state index in [0.29, 0.717) is 48.8 Å². The number of hydrogen-bond acceptors (Lipinski definition) is 8. The van der Waals surface area contributed by atoms with Gasteiger partial charge in [-0.15, -0.1) is 11.3 Å². The molecule has 0 bridgehead atoms. The summed E-state index contributed by atoms with van der Waals surface area (Å²) in [5.74, 6) is -0.709. The molecule has 1 saturated heterocycles. The van der Waals surface area contributed by atoms with Crippen LogP contribution in [0.25, 0.3) is 16.0 Å². The number of nitrogens with zero attached hydrogens (tertiary/aromatic N) is 5. The summed E-state index contributed by atoms with van der Waals surface area (Å²) in [5, 5.41) is 0.527. The van der Waals surface area contributed by atoms with Gasteiger partial charge in [-0.2, -0.15) is 17.5 Å². The van der Waals surface area contributed by atoms with Crippen LogP contribution < -0.4 is 10.5 Å². The fraction of sp³-hybridized carbons (Fsp3) is 0.258. The zero-order valence-corrected chi connectivity index (χ0v) is 26.1. The topological polar surface area (TPSA) is 124 Å². The van der Waals surface area contributed by atoms with E-state index in [4.69, 9.17) is 10.5 Å². The summed E-state index contributed by atoms with van der Waals surface area (Å²) in [6.07, 6.45) is -2.41. The Morgan fingerprint density at radius 1 is 1.02 bits per heavy atom. The summed E-state index contributed by atoms with van der Waals surface area (Å²) in [6, 6.07) is 16.9. The number of primary amides is 1. The van der Waals surface area contributed by atoms with E-state index in [1.54, 1.807) is 53.5 Å². The zero-order chi connectivity index (χ0) is 32.6. The van der Waals surface area contributed by atoms with Crippen molar-refractivity contribution in [2.45, 2.75) is 30.6 Å². The quantitative estimate of drug-likeness (QED) is 0.227. The molecule has 2 N–H and O–H groups in total. The molecule has 0 saturated carbocycles. The molecule has 6 rings (SSSR count). The molecule has 0 unspecified atom stereocenters. The first-order valence-electron chi connectivity index (χ1n) is 14.3. The van der Waals surface area contributed by atoms with Gasteiger partial charge in [0.1, 0.15) is 33.6 Å². The second-order valence-corrected chi connectivity index (χ2v) is 13.7. The number of hydrogen-bond donors (Lipinski definition) is 1. The number of halogens is 3. The van der Waals surface area contributed by atoms with Crippen LogP contribution in [0, 0.1) is 0 Å². The fourth-order valence-electron chi connectivity index (χ4n) is 5.42. The standard InChI is InChI=1S/C31H29F3N6O4S2/c1-20(23-9-5-6-10-24(23)31(32,33)34)44-27-16-28(45-29(27)30(35)41)40-19-37-25-17-36-21(15-26(25)40)18-38-11-13-39(14-12-38)46(42,43)22-7-3-2-4-8-22/h2-10,15-17,19-20H,11-14,18H2,1H3,(H2,35,41)/t20-/m1/s1. The summed E-state index contributed by atoms with van der Waals surface area (Å²) in [7, 11) is -3.57. The van der Waals surface area contributed by atoms with Crippen LogP contribution in [0.2, 0.25) is 0 Å². The van der Waals surface area contributed by atoms with E-state index in [1.165, 1.54) is 29.4 Å². The van der Waals surface area contributed by atoms with Gasteiger partial charge in [0.25, 0.3) is 5.91 Å². The maximum absolute atomic E-state index is 13.6. The molecule has 1 aliphatic heterocycles. The Hall–Kier alpha value is -4.31. The number of fused-ring (bicyclic) bond motifs is 1. The summed E-state index contributed by atoms with van der Waals surface area (Å²) in [5.41, 5.74) is 6.75. The van der Waals surface area contributed by atoms with Gasteiger partial charge in [-0.3, -0.25) is 19.2 Å². The first-order valence-corrected chi connectivity index (χ1v) is 16.5. The van der Waals surface area contributed by atoms with Crippen LogP contribution in [-0.4, -0.2) is 64.2 Å². The first kappa shape index (κ1) is 31.7. The molecule has 0 aliphatic carbocycles. The van der Waals surface area contributed by atoms with Crippen LogP contribution in [0.5, 0.6) is 5.75 Å². The minimum Gasteiger partial charge on any atom is -0.484 e. The number of thiophene rings is 1. The van der Waals surface area contributed by atoms with Crippen molar-refractivity contribution in [2.75, 3.05) is 26.2 Å². The van der Waals surface area contributed by atoms with Crippen LogP contribution in [-0.2, 0) is 22.7 Å². The van der Waals surface area contributed by atoms with Crippen LogP contribution in [0.3, 0.4) is 0 Å². The van der Waals surface area contributed by atoms with Crippen molar-refractivity contribution in [3.05, 3.63) is 101 Å². The molecule has 46 heavy (non-hydrogen) atoms. The molecule has 1 aliphatic rings. The molecule has 4 heterocycles. The van der Waals surface area contributed by atoms with Crippen LogP contribution >= 0.6 is 11.3 Å². The number of carbonyl (C=O) groups is 1. The number of carbonyl (C=O) groups excluding carboxylic acids is 1. The van der Waals surface area contributed by atoms with E-state index < -0.39 is 33.8 Å². The van der Waals surface area contributed by atoms with E-state index in [-0.39, 0.29) is 21.1 Å². The molecule has 5 aromatic rings. The van der Waals surface area contributed by atoms with Gasteiger partial charge in [0.05, 0.1) is 27.9 Å². The third-order valence-electron chi connectivity index (χ3n) is 7.74. The van der Waals surface area contributed by atoms with Crippen molar-refractivity contribution in [3.63, 3.8) is 0 Å². The van der Waals surface area contributed by atoms with Crippen molar-refractivity contribution >= 4 is 38.3 Å². The number of amides is 1. The third-order valence-corrected chi connectivity index (χ3v) is 10.8. The van der Waals surface area contributed by atoms with Gasteiger partial charge in [-0.1, -0.05) is 36.4 Å². The lowest BCUT2D eigenvalue weighted by atomic mass is 10.0. The average Bonchev–Trinajstić information content (AvgIpc) is 3.65. The van der Waals surface area contributed by atoms with Crippen LogP contribution in [0.4, 0.5) is 13.2 Å². The van der Waals surface area contributed by atoms with Gasteiger partial charge >= 0.3 is 6.18 Å². The Morgan fingerprint density at radius 3 is 2.41 bits per heavy atom. The number of piperazine rings is 1. The van der Waals surface area contributed by atoms with E-state index >= 15 is 0 Å². The Labute approximate surface area is 266 Å². The highest BCUT2D eigenvalue weighted by Crippen LogP contribution is 2.39. The molecule has 2 aromatic carbocycles. The Morgan fingerprint density at radius 2 is 1.72 bits per heavy atom. The molecular formula is C31H29F3N6O4S2. The van der Waals surface area contributed by atoms with Crippen molar-refractivity contribution in [3.8, 4) is 10.8 Å². The number of aromatic nitrogens is 3. The molecular weight excluding hydrogens is 642 g/mol. The number of sulfonamides is 1. The lowest BCUT2D eigenvalue weighted by Gasteiger charge is -2.33. The molecule has 1 amide bonds. The minimum atomic E-state index is -4.57. The second kappa shape index (κ2) is 12.5. The molecule has 3 aromatic heterocycles. The van der Waals surface area contributed by atoms with Crippen molar-refractivity contribution in [1.82, 2.24) is 23.7 Å². The SMILES string of the molecule is C[C@@H](Oc1cc(-n2cnc3cnc(CN4CCN(S(=O)(=O)c5ccccc5)CC4)cc32)sc1C(N)=O)c1ccccc1C(F)(F)F. The minimum absolute atomic E-state index is 0.0609. The van der Waals surface area contributed by atoms with E-state index in [9.17, 15) is 26.4 Å². The van der Waals surface area contributed by atoms with Gasteiger partial charge in [0.2, 0.25) is 10.0 Å². The van der Waals surface area contributed by atoms with Crippen molar-refractivity contribution in [1.29, 1.82) is 0 Å². The summed E-state index contributed by atoms with van der Waals surface area (Å²) in [4.78, 5) is 23.8. The molecule has 0 radical (unpaired) electrons. The van der Waals surface area contributed by atoms with Crippen LogP contribution in [0.15, 0.2) is 84.1 Å². The smallest absolute Gasteiger partial charge is 0.416 e. The number of nitrogens with two attached hydrogens (primary N) is 1. The molecule has 240 valence electrons. The highest BCUT2D eigenvalue weighted by atomic mass is 32.2. The van der Waals surface area contributed by atoms with Crippen molar-refractivity contribution < 1.29 is 31.1 Å². The number of imidazole rings is 1. The van der Waals surface area contributed by atoms with E-state index in [0.717, 1.165) is 23.1 Å². The number of ether oxygens (including phenoxy) is 1. The fourth-order valence-corrected chi connectivity index (χ4v) is 7.79. The highest BCUT2D eigenvalue weighted by Gasteiger charge is 2.35. The van der Waals surface area contributed by atoms with Gasteiger partial charge in [-0.05, 0) is 31.2 Å². The Kier molecular flexibility index (Phi) is 8.58. The first-order chi connectivity index (χ1) is 21.9. The molecule has 15 heteroatoms. The normalized spacial score (nSPS) is 15.7. The number of rotatable bonds is 9. The molecule has 10 nitrogen and oxygen atoms in total. The number of alkyl halides is 3. The molecule has 0 spiro atoms. The number of pyridine rings is 1. The van der Waals surface area contributed by atoms with Gasteiger partial charge in [-0.25, -0.2) is 13.4 Å². The second-order valence-electron chi connectivity index (χ2n) is 10.8. The summed E-state index contributed by atoms with van der Waals surface area (Å²) < 4.78 is 76.0. The number of benzene rings is 2. The lowest BCUT2D eigenvalue weighted by Crippen LogP contribution is -2.48. The van der Waals surface area contributed by atoms with Gasteiger partial charge in [0, 0.05) is 44.4 Å². The van der Waals surface area contributed by atoms with Gasteiger partial charge < -0.3 is 10.5 Å². The Bertz CT molecular complexity index is 1990. The molecule has 1 atom stereocenters. The predicted octanol–water partition coefficient (Wildman–Crippen LogP) is 5.25. The maximum Gasteiger partial charge on any atom is 0.416 e. The highest BCUT2D eigenvalue weighted by molar-refractivity contribution is 7.89. The Balaban J connectivity index is 1.21. The van der Waals surface area contributed by atoms with E-state index in [1.807, 2.05) is 6.07 Å².